The van der Waals surface area contributed by atoms with Gasteiger partial charge in [-0.05, 0) is 32.9 Å². The number of rotatable bonds is 4. The van der Waals surface area contributed by atoms with E-state index in [0.29, 0.717) is 0 Å². The lowest BCUT2D eigenvalue weighted by molar-refractivity contribution is -0.132. The third-order valence-corrected chi connectivity index (χ3v) is 4.71. The van der Waals surface area contributed by atoms with Crippen molar-refractivity contribution in [1.82, 2.24) is 0 Å². The molecule has 1 atom stereocenters. The summed E-state index contributed by atoms with van der Waals surface area (Å²) in [5.41, 5.74) is 0.997. The zero-order valence-electron chi connectivity index (χ0n) is 10.5. The van der Waals surface area contributed by atoms with E-state index in [1.807, 2.05) is 6.92 Å². The van der Waals surface area contributed by atoms with Crippen molar-refractivity contribution < 1.29 is 18.3 Å². The Labute approximate surface area is 107 Å². The third kappa shape index (κ3) is 3.20. The number of carboxylic acids is 1. The number of carbonyl (C=O) groups is 1. The number of carboxylic acid groups (broad SMARTS) is 1. The molecular formula is C13H16O4S. The van der Waals surface area contributed by atoms with Gasteiger partial charge in [0, 0.05) is 5.57 Å². The predicted octanol–water partition coefficient (Wildman–Crippen LogP) is 2.19. The van der Waals surface area contributed by atoms with Crippen LogP contribution in [0.2, 0.25) is 0 Å². The molecule has 0 radical (unpaired) electrons. The highest BCUT2D eigenvalue weighted by Crippen LogP contribution is 2.18. The molecule has 0 aliphatic heterocycles. The summed E-state index contributed by atoms with van der Waals surface area (Å²) in [6, 6.07) is 6.50. The molecule has 0 saturated heterocycles. The molecule has 0 bridgehead atoms. The van der Waals surface area contributed by atoms with Crippen LogP contribution in [0.3, 0.4) is 0 Å². The molecule has 0 saturated carbocycles. The number of hydrogen-bond acceptors (Lipinski definition) is 3. The normalized spacial score (nSPS) is 14.3. The molecule has 0 aromatic heterocycles. The Balaban J connectivity index is 3.11. The van der Waals surface area contributed by atoms with Gasteiger partial charge in [0.25, 0.3) is 0 Å². The second kappa shape index (κ2) is 5.35. The van der Waals surface area contributed by atoms with Crippen LogP contribution >= 0.6 is 0 Å². The van der Waals surface area contributed by atoms with Gasteiger partial charge in [0.1, 0.15) is 0 Å². The summed E-state index contributed by atoms with van der Waals surface area (Å²) in [4.78, 5) is 10.9. The molecule has 18 heavy (non-hydrogen) atoms. The topological polar surface area (TPSA) is 71.4 Å². The zero-order valence-corrected chi connectivity index (χ0v) is 11.4. The molecule has 0 heterocycles. The first-order valence-electron chi connectivity index (χ1n) is 5.47. The van der Waals surface area contributed by atoms with Gasteiger partial charge < -0.3 is 5.11 Å². The van der Waals surface area contributed by atoms with E-state index in [4.69, 9.17) is 5.11 Å². The Bertz CT molecular complexity index is 568. The van der Waals surface area contributed by atoms with Gasteiger partial charge in [-0.3, -0.25) is 0 Å². The summed E-state index contributed by atoms with van der Waals surface area (Å²) >= 11 is 0. The molecule has 98 valence electrons. The maximum Gasteiger partial charge on any atom is 0.330 e. The predicted molar refractivity (Wildman–Crippen MR) is 69.2 cm³/mol. The van der Waals surface area contributed by atoms with Crippen LogP contribution in [0.4, 0.5) is 0 Å². The quantitative estimate of drug-likeness (QED) is 0.850. The molecule has 0 spiro atoms. The first-order chi connectivity index (χ1) is 8.25. The third-order valence-electron chi connectivity index (χ3n) is 2.66. The van der Waals surface area contributed by atoms with Crippen LogP contribution in [0.1, 0.15) is 19.4 Å². The fraction of sp³-hybridized carbons (Fsp3) is 0.308. The standard InChI is InChI=1S/C13H16O4S/c1-9-4-6-12(7-5-9)18(16,17)11(3)8-10(2)13(14)15/h4-8,11H,1-3H3,(H,14,15). The van der Waals surface area contributed by atoms with Gasteiger partial charge in [0.15, 0.2) is 9.84 Å². The van der Waals surface area contributed by atoms with Gasteiger partial charge in [-0.1, -0.05) is 23.8 Å². The SMILES string of the molecule is CC(=CC(C)S(=O)(=O)c1ccc(C)cc1)C(=O)O. The van der Waals surface area contributed by atoms with Crippen molar-refractivity contribution in [3.05, 3.63) is 41.5 Å². The molecule has 0 amide bonds. The van der Waals surface area contributed by atoms with Crippen LogP contribution in [0.15, 0.2) is 40.8 Å². The Kier molecular flexibility index (Phi) is 4.29. The summed E-state index contributed by atoms with van der Waals surface area (Å²) in [5, 5.41) is 7.88. The number of aliphatic carboxylic acids is 1. The number of benzene rings is 1. The minimum absolute atomic E-state index is 0.0261. The zero-order chi connectivity index (χ0) is 13.9. The molecule has 0 aliphatic carbocycles. The molecule has 0 aliphatic rings. The monoisotopic (exact) mass is 268 g/mol. The molecule has 1 aromatic carbocycles. The fourth-order valence-corrected chi connectivity index (χ4v) is 2.78. The highest BCUT2D eigenvalue weighted by atomic mass is 32.2. The van der Waals surface area contributed by atoms with Gasteiger partial charge in [-0.15, -0.1) is 0 Å². The van der Waals surface area contributed by atoms with E-state index in [-0.39, 0.29) is 10.5 Å². The minimum atomic E-state index is -3.52. The van der Waals surface area contributed by atoms with Crippen molar-refractivity contribution in [1.29, 1.82) is 0 Å². The summed E-state index contributed by atoms with van der Waals surface area (Å²) < 4.78 is 24.3. The lowest BCUT2D eigenvalue weighted by atomic mass is 10.2. The Hall–Kier alpha value is -1.62. The molecule has 1 N–H and O–H groups in total. The van der Waals surface area contributed by atoms with Gasteiger partial charge in [0.2, 0.25) is 0 Å². The van der Waals surface area contributed by atoms with E-state index in [0.717, 1.165) is 5.56 Å². The summed E-state index contributed by atoms with van der Waals surface area (Å²) in [7, 11) is -3.52. The molecule has 4 nitrogen and oxygen atoms in total. The molecule has 1 unspecified atom stereocenters. The van der Waals surface area contributed by atoms with E-state index in [1.54, 1.807) is 12.1 Å². The maximum absolute atomic E-state index is 12.2. The van der Waals surface area contributed by atoms with Gasteiger partial charge in [-0.2, -0.15) is 0 Å². The molecular weight excluding hydrogens is 252 g/mol. The first kappa shape index (κ1) is 14.4. The van der Waals surface area contributed by atoms with Crippen LogP contribution in [0.25, 0.3) is 0 Å². The summed E-state index contributed by atoms with van der Waals surface area (Å²) in [6.07, 6.45) is 1.25. The first-order valence-corrected chi connectivity index (χ1v) is 7.02. The average Bonchev–Trinajstić information content (AvgIpc) is 2.29. The van der Waals surface area contributed by atoms with Gasteiger partial charge in [-0.25, -0.2) is 13.2 Å². The number of hydrogen-bond donors (Lipinski definition) is 1. The van der Waals surface area contributed by atoms with Crippen molar-refractivity contribution in [3.63, 3.8) is 0 Å². The van der Waals surface area contributed by atoms with E-state index in [9.17, 15) is 13.2 Å². The smallest absolute Gasteiger partial charge is 0.330 e. The van der Waals surface area contributed by atoms with Gasteiger partial charge >= 0.3 is 5.97 Å². The second-order valence-corrected chi connectivity index (χ2v) is 6.52. The summed E-state index contributed by atoms with van der Waals surface area (Å²) in [6.45, 7) is 4.72. The van der Waals surface area contributed by atoms with Crippen LogP contribution < -0.4 is 0 Å². The number of aryl methyl sites for hydroxylation is 1. The Morgan fingerprint density at radius 2 is 1.78 bits per heavy atom. The van der Waals surface area contributed by atoms with Crippen LogP contribution in [-0.4, -0.2) is 24.7 Å². The average molecular weight is 268 g/mol. The highest BCUT2D eigenvalue weighted by Gasteiger charge is 2.22. The van der Waals surface area contributed by atoms with Crippen molar-refractivity contribution in [2.45, 2.75) is 30.9 Å². The van der Waals surface area contributed by atoms with Crippen LogP contribution in [0, 0.1) is 6.92 Å². The maximum atomic E-state index is 12.2. The van der Waals surface area contributed by atoms with Crippen molar-refractivity contribution >= 4 is 15.8 Å². The van der Waals surface area contributed by atoms with Crippen LogP contribution in [0.5, 0.6) is 0 Å². The minimum Gasteiger partial charge on any atom is -0.478 e. The highest BCUT2D eigenvalue weighted by molar-refractivity contribution is 7.92. The number of sulfone groups is 1. The lowest BCUT2D eigenvalue weighted by Crippen LogP contribution is -2.17. The van der Waals surface area contributed by atoms with E-state index >= 15 is 0 Å². The lowest BCUT2D eigenvalue weighted by Gasteiger charge is -2.10. The van der Waals surface area contributed by atoms with Crippen LogP contribution in [-0.2, 0) is 14.6 Å². The largest absolute Gasteiger partial charge is 0.478 e. The molecule has 1 aromatic rings. The Morgan fingerprint density at radius 3 is 2.22 bits per heavy atom. The second-order valence-electron chi connectivity index (χ2n) is 4.22. The van der Waals surface area contributed by atoms with E-state index < -0.39 is 21.1 Å². The van der Waals surface area contributed by atoms with Crippen molar-refractivity contribution in [2.24, 2.45) is 0 Å². The molecule has 0 fully saturated rings. The van der Waals surface area contributed by atoms with Crippen molar-refractivity contribution in [2.75, 3.05) is 0 Å². The van der Waals surface area contributed by atoms with Gasteiger partial charge in [0.05, 0.1) is 10.1 Å². The fourth-order valence-electron chi connectivity index (χ4n) is 1.46. The molecule has 5 heteroatoms. The summed E-state index contributed by atoms with van der Waals surface area (Å²) in [5.74, 6) is -1.11. The Morgan fingerprint density at radius 1 is 1.28 bits per heavy atom. The van der Waals surface area contributed by atoms with E-state index in [2.05, 4.69) is 0 Å². The molecule has 1 rings (SSSR count). The van der Waals surface area contributed by atoms with E-state index in [1.165, 1.54) is 32.1 Å². The van der Waals surface area contributed by atoms with Crippen molar-refractivity contribution in [3.8, 4) is 0 Å².